The first-order valence-electron chi connectivity index (χ1n) is 8.43. The Labute approximate surface area is 176 Å². The molecule has 0 radical (unpaired) electrons. The van der Waals surface area contributed by atoms with Crippen molar-refractivity contribution < 1.29 is 14.3 Å². The van der Waals surface area contributed by atoms with E-state index in [1.807, 2.05) is 24.3 Å². The summed E-state index contributed by atoms with van der Waals surface area (Å²) in [6, 6.07) is 12.7. The summed E-state index contributed by atoms with van der Waals surface area (Å²) in [6.45, 7) is 0.278. The monoisotopic (exact) mass is 460 g/mol. The average Bonchev–Trinajstić information content (AvgIpc) is 3.12. The quantitative estimate of drug-likeness (QED) is 0.353. The van der Waals surface area contributed by atoms with Gasteiger partial charge in [0.1, 0.15) is 23.8 Å². The molecule has 0 bridgehead atoms. The molecule has 0 saturated heterocycles. The lowest BCUT2D eigenvalue weighted by Gasteiger charge is -2.12. The van der Waals surface area contributed by atoms with Gasteiger partial charge in [0, 0.05) is 23.3 Å². The Hall–Kier alpha value is -2.57. The van der Waals surface area contributed by atoms with Gasteiger partial charge >= 0.3 is 0 Å². The number of halogens is 2. The van der Waals surface area contributed by atoms with Crippen molar-refractivity contribution in [2.75, 3.05) is 7.11 Å². The summed E-state index contributed by atoms with van der Waals surface area (Å²) in [6.07, 6.45) is 4.98. The van der Waals surface area contributed by atoms with Crippen molar-refractivity contribution in [2.24, 2.45) is 7.05 Å². The minimum absolute atomic E-state index is 0.157. The molecule has 144 valence electrons. The second-order valence-electron chi connectivity index (χ2n) is 6.01. The van der Waals surface area contributed by atoms with Crippen LogP contribution in [-0.2, 0) is 13.7 Å². The Balaban J connectivity index is 1.75. The molecule has 0 unspecified atom stereocenters. The number of hydrogen-bond acceptors (Lipinski definition) is 4. The van der Waals surface area contributed by atoms with Crippen molar-refractivity contribution in [3.63, 3.8) is 0 Å². The van der Waals surface area contributed by atoms with E-state index in [0.717, 1.165) is 15.6 Å². The van der Waals surface area contributed by atoms with Crippen molar-refractivity contribution in [1.82, 2.24) is 9.78 Å². The summed E-state index contributed by atoms with van der Waals surface area (Å²) in [4.78, 5) is 12.2. The molecular formula is C21H18BrClN2O3. The number of ketones is 1. The highest BCUT2D eigenvalue weighted by Gasteiger charge is 2.09. The molecule has 2 aromatic carbocycles. The van der Waals surface area contributed by atoms with Crippen LogP contribution >= 0.6 is 27.5 Å². The van der Waals surface area contributed by atoms with Crippen molar-refractivity contribution in [3.05, 3.63) is 81.1 Å². The lowest BCUT2D eigenvalue weighted by molar-refractivity contribution is 0.104. The zero-order valence-corrected chi connectivity index (χ0v) is 17.7. The Bertz CT molecular complexity index is 1030. The fraction of sp³-hybridized carbons (Fsp3) is 0.143. The maximum Gasteiger partial charge on any atom is 0.206 e. The molecule has 3 aromatic rings. The molecule has 0 spiro atoms. The normalized spacial score (nSPS) is 11.0. The van der Waals surface area contributed by atoms with Crippen LogP contribution in [0.15, 0.2) is 59.2 Å². The van der Waals surface area contributed by atoms with Crippen LogP contribution in [0.25, 0.3) is 6.08 Å². The SMILES string of the molecule is COc1ccc(/C=C/C(=O)c2ccn(C)n2)cc1COc1ccc(Br)cc1Cl. The maximum absolute atomic E-state index is 12.2. The molecule has 0 amide bonds. The topological polar surface area (TPSA) is 53.4 Å². The number of methoxy groups -OCH3 is 1. The van der Waals surface area contributed by atoms with E-state index in [-0.39, 0.29) is 12.4 Å². The Morgan fingerprint density at radius 3 is 2.68 bits per heavy atom. The van der Waals surface area contributed by atoms with Gasteiger partial charge in [-0.15, -0.1) is 0 Å². The average molecular weight is 462 g/mol. The second kappa shape index (κ2) is 9.08. The zero-order chi connectivity index (χ0) is 20.1. The number of aryl methyl sites for hydroxylation is 1. The lowest BCUT2D eigenvalue weighted by Crippen LogP contribution is -2.00. The van der Waals surface area contributed by atoms with Gasteiger partial charge < -0.3 is 9.47 Å². The fourth-order valence-electron chi connectivity index (χ4n) is 2.57. The van der Waals surface area contributed by atoms with Gasteiger partial charge in [0.25, 0.3) is 0 Å². The summed E-state index contributed by atoms with van der Waals surface area (Å²) < 4.78 is 13.7. The molecule has 7 heteroatoms. The van der Waals surface area contributed by atoms with Crippen molar-refractivity contribution in [2.45, 2.75) is 6.61 Å². The predicted octanol–water partition coefficient (Wildman–Crippen LogP) is 5.32. The minimum Gasteiger partial charge on any atom is -0.496 e. The van der Waals surface area contributed by atoms with Crippen molar-refractivity contribution in [1.29, 1.82) is 0 Å². The van der Waals surface area contributed by atoms with Crippen LogP contribution < -0.4 is 9.47 Å². The summed E-state index contributed by atoms with van der Waals surface area (Å²) in [5, 5.41) is 4.62. The molecule has 0 atom stereocenters. The van der Waals surface area contributed by atoms with Gasteiger partial charge in [-0.2, -0.15) is 5.10 Å². The number of allylic oxidation sites excluding steroid dienone is 1. The number of carbonyl (C=O) groups excluding carboxylic acids is 1. The second-order valence-corrected chi connectivity index (χ2v) is 7.33. The van der Waals surface area contributed by atoms with Gasteiger partial charge in [-0.05, 0) is 48.0 Å². The van der Waals surface area contributed by atoms with E-state index in [0.29, 0.717) is 22.2 Å². The minimum atomic E-state index is -0.157. The highest BCUT2D eigenvalue weighted by molar-refractivity contribution is 9.10. The predicted molar refractivity (Wildman–Crippen MR) is 113 cm³/mol. The molecule has 5 nitrogen and oxygen atoms in total. The number of rotatable bonds is 7. The fourth-order valence-corrected chi connectivity index (χ4v) is 3.29. The Morgan fingerprint density at radius 2 is 2.00 bits per heavy atom. The molecule has 0 fully saturated rings. The highest BCUT2D eigenvalue weighted by Crippen LogP contribution is 2.30. The van der Waals surface area contributed by atoms with Gasteiger partial charge in [-0.25, -0.2) is 0 Å². The molecule has 28 heavy (non-hydrogen) atoms. The first-order chi connectivity index (χ1) is 13.5. The maximum atomic E-state index is 12.2. The van der Waals surface area contributed by atoms with Gasteiger partial charge in [0.15, 0.2) is 0 Å². The number of hydrogen-bond donors (Lipinski definition) is 0. The molecular weight excluding hydrogens is 444 g/mol. The van der Waals surface area contributed by atoms with Crippen LogP contribution in [0.1, 0.15) is 21.6 Å². The van der Waals surface area contributed by atoms with Gasteiger partial charge in [-0.3, -0.25) is 9.48 Å². The summed E-state index contributed by atoms with van der Waals surface area (Å²) in [5.41, 5.74) is 2.10. The van der Waals surface area contributed by atoms with Crippen LogP contribution in [0.4, 0.5) is 0 Å². The van der Waals surface area contributed by atoms with Crippen LogP contribution in [-0.4, -0.2) is 22.7 Å². The Kier molecular flexibility index (Phi) is 6.54. The third-order valence-electron chi connectivity index (χ3n) is 3.97. The number of aromatic nitrogens is 2. The van der Waals surface area contributed by atoms with Crippen LogP contribution in [0.3, 0.4) is 0 Å². The zero-order valence-electron chi connectivity index (χ0n) is 15.4. The summed E-state index contributed by atoms with van der Waals surface area (Å²) >= 11 is 9.57. The first-order valence-corrected chi connectivity index (χ1v) is 9.60. The molecule has 3 rings (SSSR count). The summed E-state index contributed by atoms with van der Waals surface area (Å²) in [7, 11) is 3.37. The van der Waals surface area contributed by atoms with Crippen LogP contribution in [0.2, 0.25) is 5.02 Å². The van der Waals surface area contributed by atoms with Crippen LogP contribution in [0, 0.1) is 0 Å². The number of benzene rings is 2. The number of carbonyl (C=O) groups is 1. The highest BCUT2D eigenvalue weighted by atomic mass is 79.9. The molecule has 1 aromatic heterocycles. The Morgan fingerprint density at radius 1 is 1.21 bits per heavy atom. The van der Waals surface area contributed by atoms with E-state index in [1.165, 1.54) is 6.08 Å². The standard InChI is InChI=1S/C21H18BrClN2O3/c1-25-10-9-18(24-25)19(26)6-3-14-4-7-20(27-2)15(11-14)13-28-21-8-5-16(22)12-17(21)23/h3-12H,13H2,1-2H3/b6-3+. The van der Waals surface area contributed by atoms with E-state index >= 15 is 0 Å². The molecule has 0 aliphatic rings. The third-order valence-corrected chi connectivity index (χ3v) is 4.76. The number of ether oxygens (including phenoxy) is 2. The van der Waals surface area contributed by atoms with E-state index in [9.17, 15) is 4.79 Å². The van der Waals surface area contributed by atoms with Crippen LogP contribution in [0.5, 0.6) is 11.5 Å². The van der Waals surface area contributed by atoms with E-state index < -0.39 is 0 Å². The van der Waals surface area contributed by atoms with Gasteiger partial charge in [0.05, 0.1) is 12.1 Å². The smallest absolute Gasteiger partial charge is 0.206 e. The number of nitrogens with zero attached hydrogens (tertiary/aromatic N) is 2. The largest absolute Gasteiger partial charge is 0.496 e. The summed E-state index contributed by atoms with van der Waals surface area (Å²) in [5.74, 6) is 1.12. The molecule has 0 saturated carbocycles. The van der Waals surface area contributed by atoms with Crippen molar-refractivity contribution >= 4 is 39.4 Å². The molecule has 1 heterocycles. The van der Waals surface area contributed by atoms with E-state index in [1.54, 1.807) is 49.3 Å². The van der Waals surface area contributed by atoms with E-state index in [2.05, 4.69) is 21.0 Å². The molecule has 0 N–H and O–H groups in total. The lowest BCUT2D eigenvalue weighted by atomic mass is 10.1. The van der Waals surface area contributed by atoms with Crippen molar-refractivity contribution in [3.8, 4) is 11.5 Å². The first kappa shape index (κ1) is 20.2. The third kappa shape index (κ3) is 5.03. The molecule has 0 aliphatic heterocycles. The van der Waals surface area contributed by atoms with E-state index in [4.69, 9.17) is 21.1 Å². The molecule has 0 aliphatic carbocycles. The van der Waals surface area contributed by atoms with Gasteiger partial charge in [0.2, 0.25) is 5.78 Å². The van der Waals surface area contributed by atoms with Gasteiger partial charge in [-0.1, -0.05) is 39.7 Å².